The zero-order valence-electron chi connectivity index (χ0n) is 13.4. The van der Waals surface area contributed by atoms with E-state index < -0.39 is 5.60 Å². The van der Waals surface area contributed by atoms with E-state index in [1.807, 2.05) is 32.0 Å². The molecule has 21 heavy (non-hydrogen) atoms. The van der Waals surface area contributed by atoms with Gasteiger partial charge in [-0.1, -0.05) is 62.9 Å². The number of aliphatic hydroxyl groups is 1. The number of benzene rings is 1. The van der Waals surface area contributed by atoms with Crippen LogP contribution in [0.2, 0.25) is 0 Å². The van der Waals surface area contributed by atoms with Crippen molar-refractivity contribution in [3.05, 3.63) is 49.7 Å². The molecule has 2 nitrogen and oxygen atoms in total. The zero-order chi connectivity index (χ0) is 15.0. The molecular weight excluding hydrogens is 484 g/mol. The Bertz CT molecular complexity index is 367. The first-order valence-corrected chi connectivity index (χ1v) is 7.79. The van der Waals surface area contributed by atoms with Gasteiger partial charge in [-0.05, 0) is 17.6 Å². The molecule has 0 bridgehead atoms. The summed E-state index contributed by atoms with van der Waals surface area (Å²) in [4.78, 5) is 0. The van der Waals surface area contributed by atoms with Gasteiger partial charge in [-0.15, -0.1) is 0 Å². The van der Waals surface area contributed by atoms with Crippen LogP contribution in [0.25, 0.3) is 0 Å². The molecule has 1 unspecified atom stereocenters. The predicted octanol–water partition coefficient (Wildman–Crippen LogP) is 3.76. The summed E-state index contributed by atoms with van der Waals surface area (Å²) in [6.07, 6.45) is 3.92. The van der Waals surface area contributed by atoms with Crippen LogP contribution >= 0.6 is 0 Å². The molecule has 1 aliphatic carbocycles. The topological polar surface area (TPSA) is 32.3 Å². The Kier molecular flexibility index (Phi) is 10.9. The first kappa shape index (κ1) is 21.2. The largest absolute Gasteiger partial charge is 2.00 e. The second-order valence-electron chi connectivity index (χ2n) is 5.33. The fourth-order valence-electron chi connectivity index (χ4n) is 2.86. The molecule has 2 rings (SSSR count). The molecule has 1 aliphatic rings. The van der Waals surface area contributed by atoms with Gasteiger partial charge in [0, 0.05) is 12.6 Å². The minimum absolute atomic E-state index is 0. The molecule has 1 fully saturated rings. The maximum absolute atomic E-state index is 10.6. The maximum Gasteiger partial charge on any atom is 2.00 e. The fraction of sp³-hybridized carbons (Fsp3) is 0.556. The van der Waals surface area contributed by atoms with E-state index >= 15 is 0 Å². The number of rotatable bonds is 4. The van der Waals surface area contributed by atoms with E-state index in [-0.39, 0.29) is 43.1 Å². The van der Waals surface area contributed by atoms with Gasteiger partial charge < -0.3 is 24.3 Å². The molecule has 116 valence electrons. The molecule has 0 heterocycles. The average molecular weight is 513 g/mol. The van der Waals surface area contributed by atoms with Crippen LogP contribution in [0.3, 0.4) is 0 Å². The van der Waals surface area contributed by atoms with Crippen LogP contribution in [0.1, 0.15) is 45.1 Å². The van der Waals surface area contributed by atoms with E-state index in [0.29, 0.717) is 0 Å². The van der Waals surface area contributed by atoms with Crippen LogP contribution in [-0.2, 0) is 6.54 Å². The summed E-state index contributed by atoms with van der Waals surface area (Å²) < 4.78 is 0. The number of hydrogen-bond donors (Lipinski definition) is 2. The summed E-state index contributed by atoms with van der Waals surface area (Å²) in [7, 11) is 0. The van der Waals surface area contributed by atoms with E-state index in [9.17, 15) is 5.11 Å². The number of hydrogen-bond acceptors (Lipinski definition) is 2. The van der Waals surface area contributed by atoms with Crippen molar-refractivity contribution in [1.82, 2.24) is 5.32 Å². The third kappa shape index (κ3) is 6.07. The average Bonchev–Trinajstić information content (AvgIpc) is 2.48. The number of nitrogens with one attached hydrogen (secondary N) is 1. The SMILES string of the molecule is CC.[CH2-]CC1CCC[C@@H](NCc2ccccc2)[C@]1([CH2-])O.[U+2]. The zero-order valence-corrected chi connectivity index (χ0v) is 17.6. The monoisotopic (exact) mass is 513 g/mol. The minimum atomic E-state index is -0.880. The van der Waals surface area contributed by atoms with E-state index in [0.717, 1.165) is 32.2 Å². The molecule has 0 amide bonds. The van der Waals surface area contributed by atoms with Crippen molar-refractivity contribution in [2.24, 2.45) is 5.92 Å². The molecule has 3 heteroatoms. The third-order valence-corrected chi connectivity index (χ3v) is 4.10. The summed E-state index contributed by atoms with van der Waals surface area (Å²) >= 11 is 0. The van der Waals surface area contributed by atoms with Gasteiger partial charge in [0.15, 0.2) is 0 Å². The van der Waals surface area contributed by atoms with Gasteiger partial charge >= 0.3 is 31.1 Å². The molecular formula is C18H29NOU. The molecule has 3 atom stereocenters. The van der Waals surface area contributed by atoms with Gasteiger partial charge in [-0.25, -0.2) is 0 Å². The second kappa shape index (κ2) is 10.8. The van der Waals surface area contributed by atoms with Crippen molar-refractivity contribution in [1.29, 1.82) is 0 Å². The smallest absolute Gasteiger partial charge is 0.420 e. The molecule has 0 spiro atoms. The van der Waals surface area contributed by atoms with Crippen LogP contribution in [-0.4, -0.2) is 16.7 Å². The van der Waals surface area contributed by atoms with Crippen LogP contribution in [0.5, 0.6) is 0 Å². The predicted molar refractivity (Wildman–Crippen MR) is 86.0 cm³/mol. The van der Waals surface area contributed by atoms with Crippen molar-refractivity contribution in [3.8, 4) is 0 Å². The molecule has 0 radical (unpaired) electrons. The Balaban J connectivity index is 0.00000128. The first-order chi connectivity index (χ1) is 9.64. The maximum atomic E-state index is 10.6. The minimum Gasteiger partial charge on any atom is -0.420 e. The molecule has 0 aliphatic heterocycles. The molecule has 1 aromatic rings. The van der Waals surface area contributed by atoms with Crippen molar-refractivity contribution in [3.63, 3.8) is 0 Å². The van der Waals surface area contributed by atoms with Crippen molar-refractivity contribution >= 4 is 0 Å². The summed E-state index contributed by atoms with van der Waals surface area (Å²) in [6, 6.07) is 10.3. The molecule has 1 saturated carbocycles. The Morgan fingerprint density at radius 1 is 1.24 bits per heavy atom. The van der Waals surface area contributed by atoms with Crippen molar-refractivity contribution in [2.45, 2.75) is 57.7 Å². The standard InChI is InChI=1S/C16H23NO.C2H6.U/c1-3-14-10-7-11-15(16(14,2)18)17-12-13-8-5-4-6-9-13;1-2;/h4-6,8-9,14-15,17-18H,1-3,7,10-12H2;1-2H3;/q-2;;+2/t14?,15-,16-;;/m1../s1. The fourth-order valence-corrected chi connectivity index (χ4v) is 2.86. The second-order valence-corrected chi connectivity index (χ2v) is 5.33. The third-order valence-electron chi connectivity index (χ3n) is 4.10. The van der Waals surface area contributed by atoms with E-state index in [4.69, 9.17) is 0 Å². The first-order valence-electron chi connectivity index (χ1n) is 7.79. The summed E-state index contributed by atoms with van der Waals surface area (Å²) in [6.45, 7) is 12.7. The van der Waals surface area contributed by atoms with Gasteiger partial charge in [-0.2, -0.15) is 6.42 Å². The van der Waals surface area contributed by atoms with Crippen molar-refractivity contribution in [2.75, 3.05) is 0 Å². The normalized spacial score (nSPS) is 28.0. The Labute approximate surface area is 154 Å². The summed E-state index contributed by atoms with van der Waals surface area (Å²) in [5, 5.41) is 14.0. The van der Waals surface area contributed by atoms with Crippen LogP contribution in [0.4, 0.5) is 0 Å². The Morgan fingerprint density at radius 2 is 1.86 bits per heavy atom. The van der Waals surface area contributed by atoms with E-state index in [2.05, 4.69) is 31.3 Å². The van der Waals surface area contributed by atoms with Crippen LogP contribution in [0, 0.1) is 50.9 Å². The van der Waals surface area contributed by atoms with Gasteiger partial charge in [0.1, 0.15) is 0 Å². The van der Waals surface area contributed by atoms with Gasteiger partial charge in [0.2, 0.25) is 0 Å². The van der Waals surface area contributed by atoms with Crippen molar-refractivity contribution < 1.29 is 36.2 Å². The van der Waals surface area contributed by atoms with Gasteiger partial charge in [0.05, 0.1) is 0 Å². The molecule has 2 N–H and O–H groups in total. The Hall–Kier alpha value is 0.192. The molecule has 0 saturated heterocycles. The van der Waals surface area contributed by atoms with E-state index in [1.54, 1.807) is 0 Å². The van der Waals surface area contributed by atoms with Crippen LogP contribution < -0.4 is 5.32 Å². The molecule has 0 aromatic heterocycles. The van der Waals surface area contributed by atoms with Gasteiger partial charge in [0.25, 0.3) is 0 Å². The quantitative estimate of drug-likeness (QED) is 0.602. The van der Waals surface area contributed by atoms with Gasteiger partial charge in [-0.3, -0.25) is 0 Å². The summed E-state index contributed by atoms with van der Waals surface area (Å²) in [5.41, 5.74) is 0.361. The summed E-state index contributed by atoms with van der Waals surface area (Å²) in [5.74, 6) is 0.208. The Morgan fingerprint density at radius 3 is 2.43 bits per heavy atom. The van der Waals surface area contributed by atoms with E-state index in [1.165, 1.54) is 5.56 Å². The van der Waals surface area contributed by atoms with Crippen LogP contribution in [0.15, 0.2) is 30.3 Å². The molecule has 1 aromatic carbocycles.